The molecule has 9 nitrogen and oxygen atoms in total. The highest BCUT2D eigenvalue weighted by molar-refractivity contribution is 5.99. The molecule has 1 fully saturated rings. The van der Waals surface area contributed by atoms with E-state index in [4.69, 9.17) is 5.11 Å². The van der Waals surface area contributed by atoms with Gasteiger partial charge in [-0.3, -0.25) is 24.3 Å². The van der Waals surface area contributed by atoms with E-state index in [0.29, 0.717) is 22.3 Å². The lowest BCUT2D eigenvalue weighted by atomic mass is 10.1. The highest BCUT2D eigenvalue weighted by Gasteiger charge is 2.30. The van der Waals surface area contributed by atoms with Crippen molar-refractivity contribution in [2.45, 2.75) is 32.4 Å². The van der Waals surface area contributed by atoms with E-state index in [-0.39, 0.29) is 30.9 Å². The number of carbonyl (C=O) groups excluding carboxylic acids is 2. The fourth-order valence-corrected chi connectivity index (χ4v) is 2.94. The summed E-state index contributed by atoms with van der Waals surface area (Å²) < 4.78 is 1.30. The monoisotopic (exact) mass is 344 g/mol. The molecule has 1 saturated heterocycles. The first-order valence-electron chi connectivity index (χ1n) is 7.69. The molecule has 0 saturated carbocycles. The van der Waals surface area contributed by atoms with Crippen LogP contribution in [0.3, 0.4) is 0 Å². The zero-order chi connectivity index (χ0) is 18.1. The second-order valence-electron chi connectivity index (χ2n) is 5.81. The number of benzene rings is 1. The summed E-state index contributed by atoms with van der Waals surface area (Å²) >= 11 is 0. The van der Waals surface area contributed by atoms with Crippen molar-refractivity contribution in [3.8, 4) is 0 Å². The summed E-state index contributed by atoms with van der Waals surface area (Å²) in [6, 6.07) is 4.06. The quantitative estimate of drug-likeness (QED) is 0.693. The molecule has 3 rings (SSSR count). The van der Waals surface area contributed by atoms with Crippen LogP contribution in [-0.4, -0.2) is 32.6 Å². The Morgan fingerprint density at radius 1 is 1.40 bits per heavy atom. The Morgan fingerprint density at radius 2 is 2.16 bits per heavy atom. The minimum atomic E-state index is -1.14. The summed E-state index contributed by atoms with van der Waals surface area (Å²) in [5, 5.41) is 13.5. The summed E-state index contributed by atoms with van der Waals surface area (Å²) in [4.78, 5) is 51.1. The number of aromatic nitrogens is 2. The third-order valence-electron chi connectivity index (χ3n) is 4.11. The molecule has 0 bridgehead atoms. The molecule has 1 aromatic carbocycles. The number of nitrogens with one attached hydrogen (secondary N) is 2. The van der Waals surface area contributed by atoms with E-state index in [1.54, 1.807) is 25.1 Å². The van der Waals surface area contributed by atoms with Gasteiger partial charge in [-0.05, 0) is 31.0 Å². The molecule has 1 aromatic heterocycles. The number of nitrogens with zero attached hydrogens (tertiary/aromatic N) is 2. The smallest absolute Gasteiger partial charge is 0.404 e. The number of carboxylic acid groups (broad SMARTS) is 1. The Labute approximate surface area is 141 Å². The number of hydrogen-bond donors (Lipinski definition) is 3. The van der Waals surface area contributed by atoms with Crippen LogP contribution >= 0.6 is 0 Å². The normalized spacial score (nSPS) is 17.4. The third kappa shape index (κ3) is 3.21. The molecule has 1 aliphatic rings. The van der Waals surface area contributed by atoms with E-state index in [2.05, 4.69) is 15.6 Å². The average molecular weight is 344 g/mol. The van der Waals surface area contributed by atoms with Crippen LogP contribution in [0.1, 0.15) is 30.3 Å². The summed E-state index contributed by atoms with van der Waals surface area (Å²) in [5.74, 6) is -0.503. The lowest BCUT2D eigenvalue weighted by molar-refractivity contribution is -0.135. The average Bonchev–Trinajstić information content (AvgIpc) is 2.54. The summed E-state index contributed by atoms with van der Waals surface area (Å²) in [7, 11) is 0. The van der Waals surface area contributed by atoms with Gasteiger partial charge in [0.25, 0.3) is 5.56 Å². The molecule has 2 heterocycles. The van der Waals surface area contributed by atoms with Crippen molar-refractivity contribution in [3.63, 3.8) is 0 Å². The van der Waals surface area contributed by atoms with Crippen LogP contribution in [-0.2, 0) is 16.1 Å². The Hall–Kier alpha value is -3.23. The van der Waals surface area contributed by atoms with E-state index in [1.165, 1.54) is 4.57 Å². The number of fused-ring (bicyclic) bond motifs is 1. The molecule has 0 aliphatic carbocycles. The predicted molar refractivity (Wildman–Crippen MR) is 87.0 cm³/mol. The van der Waals surface area contributed by atoms with E-state index >= 15 is 0 Å². The van der Waals surface area contributed by atoms with Gasteiger partial charge in [-0.1, -0.05) is 6.07 Å². The van der Waals surface area contributed by atoms with E-state index in [1.807, 2.05) is 0 Å². The van der Waals surface area contributed by atoms with E-state index in [0.717, 1.165) is 0 Å². The Bertz CT molecular complexity index is 949. The van der Waals surface area contributed by atoms with Gasteiger partial charge in [0, 0.05) is 13.0 Å². The van der Waals surface area contributed by atoms with Crippen molar-refractivity contribution in [2.75, 3.05) is 0 Å². The maximum absolute atomic E-state index is 12.8. The van der Waals surface area contributed by atoms with Gasteiger partial charge in [-0.2, -0.15) is 0 Å². The number of rotatable bonds is 3. The largest absolute Gasteiger partial charge is 0.465 e. The van der Waals surface area contributed by atoms with Crippen molar-refractivity contribution < 1.29 is 19.5 Å². The number of carbonyl (C=O) groups is 3. The van der Waals surface area contributed by atoms with E-state index in [9.17, 15) is 19.2 Å². The zero-order valence-corrected chi connectivity index (χ0v) is 13.4. The van der Waals surface area contributed by atoms with Crippen molar-refractivity contribution in [3.05, 3.63) is 39.9 Å². The summed E-state index contributed by atoms with van der Waals surface area (Å²) in [6.07, 6.45) is -0.725. The van der Waals surface area contributed by atoms with E-state index < -0.39 is 18.0 Å². The SMILES string of the molecule is Cc1nc2cc(CNC(=O)O)ccc2c(=O)n1C1CCC(=O)NC1=O. The minimum absolute atomic E-state index is 0.0994. The standard InChI is InChI=1S/C16H16N4O5/c1-8-18-11-6-9(7-17-16(24)25)2-3-10(11)15(23)20(8)12-4-5-13(21)19-14(12)22/h2-3,6,12,17H,4-5,7H2,1H3,(H,24,25)(H,19,21,22). The molecule has 9 heteroatoms. The van der Waals surface area contributed by atoms with Crippen LogP contribution in [0.4, 0.5) is 4.79 Å². The van der Waals surface area contributed by atoms with Crippen molar-refractivity contribution in [1.29, 1.82) is 0 Å². The lowest BCUT2D eigenvalue weighted by Crippen LogP contribution is -2.45. The molecule has 1 unspecified atom stereocenters. The summed E-state index contributed by atoms with van der Waals surface area (Å²) in [5.41, 5.74) is 0.727. The van der Waals surface area contributed by atoms with Gasteiger partial charge in [0.05, 0.1) is 10.9 Å². The Kier molecular flexibility index (Phi) is 4.22. The molecule has 0 spiro atoms. The second-order valence-corrected chi connectivity index (χ2v) is 5.81. The molecule has 2 aromatic rings. The van der Waals surface area contributed by atoms with Gasteiger partial charge in [-0.25, -0.2) is 9.78 Å². The van der Waals surface area contributed by atoms with Gasteiger partial charge in [0.1, 0.15) is 11.9 Å². The van der Waals surface area contributed by atoms with Gasteiger partial charge in [0.2, 0.25) is 11.8 Å². The number of amides is 3. The fourth-order valence-electron chi connectivity index (χ4n) is 2.94. The molecular weight excluding hydrogens is 328 g/mol. The molecule has 130 valence electrons. The van der Waals surface area contributed by atoms with Crippen LogP contribution in [0.5, 0.6) is 0 Å². The number of piperidine rings is 1. The Balaban J connectivity index is 2.03. The van der Waals surface area contributed by atoms with Crippen molar-refractivity contribution in [1.82, 2.24) is 20.2 Å². The predicted octanol–water partition coefficient (Wildman–Crippen LogP) is 0.450. The van der Waals surface area contributed by atoms with Crippen molar-refractivity contribution in [2.24, 2.45) is 0 Å². The highest BCUT2D eigenvalue weighted by atomic mass is 16.4. The van der Waals surface area contributed by atoms with Crippen molar-refractivity contribution >= 4 is 28.8 Å². The molecule has 25 heavy (non-hydrogen) atoms. The maximum Gasteiger partial charge on any atom is 0.404 e. The third-order valence-corrected chi connectivity index (χ3v) is 4.11. The van der Waals surface area contributed by atoms with Gasteiger partial charge in [-0.15, -0.1) is 0 Å². The highest BCUT2D eigenvalue weighted by Crippen LogP contribution is 2.20. The summed E-state index contributed by atoms with van der Waals surface area (Å²) in [6.45, 7) is 1.72. The van der Waals surface area contributed by atoms with Gasteiger partial charge >= 0.3 is 6.09 Å². The molecular formula is C16H16N4O5. The first-order chi connectivity index (χ1) is 11.9. The van der Waals surface area contributed by atoms with Crippen LogP contribution in [0.2, 0.25) is 0 Å². The van der Waals surface area contributed by atoms with Crippen LogP contribution in [0, 0.1) is 6.92 Å². The molecule has 1 atom stereocenters. The number of hydrogen-bond acceptors (Lipinski definition) is 5. The minimum Gasteiger partial charge on any atom is -0.465 e. The van der Waals surface area contributed by atoms with Crippen LogP contribution in [0.15, 0.2) is 23.0 Å². The second kappa shape index (κ2) is 6.34. The molecule has 3 amide bonds. The van der Waals surface area contributed by atoms with Gasteiger partial charge < -0.3 is 10.4 Å². The lowest BCUT2D eigenvalue weighted by Gasteiger charge is -2.24. The zero-order valence-electron chi connectivity index (χ0n) is 13.4. The van der Waals surface area contributed by atoms with Crippen LogP contribution in [0.25, 0.3) is 10.9 Å². The number of imide groups is 1. The molecule has 1 aliphatic heterocycles. The topological polar surface area (TPSA) is 130 Å². The van der Waals surface area contributed by atoms with Crippen LogP contribution < -0.4 is 16.2 Å². The molecule has 0 radical (unpaired) electrons. The first kappa shape index (κ1) is 16.6. The van der Waals surface area contributed by atoms with Gasteiger partial charge in [0.15, 0.2) is 0 Å². The fraction of sp³-hybridized carbons (Fsp3) is 0.312. The molecule has 3 N–H and O–H groups in total. The maximum atomic E-state index is 12.8. The first-order valence-corrected chi connectivity index (χ1v) is 7.69. The number of aryl methyl sites for hydroxylation is 1. The Morgan fingerprint density at radius 3 is 2.84 bits per heavy atom.